The minimum absolute atomic E-state index is 0.335. The van der Waals surface area contributed by atoms with E-state index in [0.29, 0.717) is 12.5 Å². The highest BCUT2D eigenvalue weighted by Gasteiger charge is 2.20. The SMILES string of the molecule is COc1cc(CC(C)O)ccc1OC1CCC1. The highest BCUT2D eigenvalue weighted by atomic mass is 16.5. The molecular formula is C14H20O3. The number of hydrogen-bond acceptors (Lipinski definition) is 3. The average Bonchev–Trinajstić information content (AvgIpc) is 2.23. The smallest absolute Gasteiger partial charge is 0.161 e. The maximum atomic E-state index is 9.36. The van der Waals surface area contributed by atoms with Gasteiger partial charge in [0.15, 0.2) is 11.5 Å². The van der Waals surface area contributed by atoms with Crippen LogP contribution in [0.15, 0.2) is 18.2 Å². The van der Waals surface area contributed by atoms with E-state index in [9.17, 15) is 5.11 Å². The molecule has 0 bridgehead atoms. The highest BCUT2D eigenvalue weighted by Crippen LogP contribution is 2.33. The molecular weight excluding hydrogens is 216 g/mol. The number of rotatable bonds is 5. The third-order valence-corrected chi connectivity index (χ3v) is 3.10. The average molecular weight is 236 g/mol. The molecule has 3 heteroatoms. The van der Waals surface area contributed by atoms with Gasteiger partial charge in [-0.05, 0) is 50.3 Å². The van der Waals surface area contributed by atoms with E-state index in [1.165, 1.54) is 6.42 Å². The van der Waals surface area contributed by atoms with Crippen molar-refractivity contribution in [1.29, 1.82) is 0 Å². The Morgan fingerprint density at radius 2 is 2.12 bits per heavy atom. The first-order valence-corrected chi connectivity index (χ1v) is 6.20. The van der Waals surface area contributed by atoms with E-state index in [0.717, 1.165) is 29.9 Å². The largest absolute Gasteiger partial charge is 0.493 e. The Kier molecular flexibility index (Phi) is 3.89. The van der Waals surface area contributed by atoms with Crippen LogP contribution < -0.4 is 9.47 Å². The molecule has 1 aromatic rings. The minimum atomic E-state index is -0.335. The summed E-state index contributed by atoms with van der Waals surface area (Å²) >= 11 is 0. The van der Waals surface area contributed by atoms with Crippen molar-refractivity contribution in [2.75, 3.05) is 7.11 Å². The second-order valence-electron chi connectivity index (χ2n) is 4.71. The van der Waals surface area contributed by atoms with Crippen molar-refractivity contribution in [2.45, 2.75) is 44.8 Å². The van der Waals surface area contributed by atoms with Crippen LogP contribution in [0, 0.1) is 0 Å². The molecule has 0 aliphatic heterocycles. The van der Waals surface area contributed by atoms with Gasteiger partial charge in [-0.3, -0.25) is 0 Å². The Balaban J connectivity index is 2.09. The lowest BCUT2D eigenvalue weighted by molar-refractivity contribution is 0.116. The first kappa shape index (κ1) is 12.2. The summed E-state index contributed by atoms with van der Waals surface area (Å²) < 4.78 is 11.2. The predicted octanol–water partition coefficient (Wildman–Crippen LogP) is 2.55. The van der Waals surface area contributed by atoms with Crippen LogP contribution in [-0.4, -0.2) is 24.4 Å². The molecule has 1 aliphatic rings. The van der Waals surface area contributed by atoms with Crippen LogP contribution in [0.2, 0.25) is 0 Å². The Morgan fingerprint density at radius 1 is 1.35 bits per heavy atom. The molecule has 0 spiro atoms. The van der Waals surface area contributed by atoms with Gasteiger partial charge in [-0.1, -0.05) is 6.07 Å². The fourth-order valence-corrected chi connectivity index (χ4v) is 1.95. The number of methoxy groups -OCH3 is 1. The topological polar surface area (TPSA) is 38.7 Å². The van der Waals surface area contributed by atoms with Crippen molar-refractivity contribution in [3.05, 3.63) is 23.8 Å². The maximum absolute atomic E-state index is 9.36. The molecule has 17 heavy (non-hydrogen) atoms. The van der Waals surface area contributed by atoms with Crippen LogP contribution in [-0.2, 0) is 6.42 Å². The van der Waals surface area contributed by atoms with E-state index in [1.54, 1.807) is 14.0 Å². The van der Waals surface area contributed by atoms with Crippen molar-refractivity contribution >= 4 is 0 Å². The summed E-state index contributed by atoms with van der Waals surface area (Å²) in [7, 11) is 1.65. The van der Waals surface area contributed by atoms with E-state index in [1.807, 2.05) is 18.2 Å². The Hall–Kier alpha value is -1.22. The zero-order valence-corrected chi connectivity index (χ0v) is 10.5. The van der Waals surface area contributed by atoms with E-state index in [-0.39, 0.29) is 6.10 Å². The first-order chi connectivity index (χ1) is 8.19. The van der Waals surface area contributed by atoms with Gasteiger partial charge in [0.25, 0.3) is 0 Å². The lowest BCUT2D eigenvalue weighted by Crippen LogP contribution is -2.24. The van der Waals surface area contributed by atoms with Crippen molar-refractivity contribution < 1.29 is 14.6 Å². The van der Waals surface area contributed by atoms with E-state index in [2.05, 4.69) is 0 Å². The second kappa shape index (κ2) is 5.41. The molecule has 0 aromatic heterocycles. The highest BCUT2D eigenvalue weighted by molar-refractivity contribution is 5.43. The van der Waals surface area contributed by atoms with E-state index in [4.69, 9.17) is 9.47 Å². The lowest BCUT2D eigenvalue weighted by Gasteiger charge is -2.27. The van der Waals surface area contributed by atoms with Crippen LogP contribution in [0.25, 0.3) is 0 Å². The Bertz CT molecular complexity index is 370. The quantitative estimate of drug-likeness (QED) is 0.854. The molecule has 0 amide bonds. The number of benzene rings is 1. The summed E-state index contributed by atoms with van der Waals surface area (Å²) in [5, 5.41) is 9.36. The van der Waals surface area contributed by atoms with Crippen molar-refractivity contribution in [3.8, 4) is 11.5 Å². The summed E-state index contributed by atoms with van der Waals surface area (Å²) in [6.45, 7) is 1.78. The number of ether oxygens (including phenoxy) is 2. The fraction of sp³-hybridized carbons (Fsp3) is 0.571. The molecule has 1 saturated carbocycles. The van der Waals surface area contributed by atoms with Gasteiger partial charge in [-0.15, -0.1) is 0 Å². The maximum Gasteiger partial charge on any atom is 0.161 e. The molecule has 1 unspecified atom stereocenters. The number of aliphatic hydroxyl groups is 1. The van der Waals surface area contributed by atoms with E-state index < -0.39 is 0 Å². The summed E-state index contributed by atoms with van der Waals surface area (Å²) in [6, 6.07) is 5.87. The van der Waals surface area contributed by atoms with Gasteiger partial charge in [0.2, 0.25) is 0 Å². The normalized spacial score (nSPS) is 17.4. The summed E-state index contributed by atoms with van der Waals surface area (Å²) in [6.07, 6.45) is 4.19. The predicted molar refractivity (Wildman–Crippen MR) is 66.6 cm³/mol. The van der Waals surface area contributed by atoms with Crippen LogP contribution in [0.4, 0.5) is 0 Å². The van der Waals surface area contributed by atoms with Crippen molar-refractivity contribution in [1.82, 2.24) is 0 Å². The lowest BCUT2D eigenvalue weighted by atomic mass is 9.96. The van der Waals surface area contributed by atoms with Gasteiger partial charge < -0.3 is 14.6 Å². The molecule has 3 nitrogen and oxygen atoms in total. The standard InChI is InChI=1S/C14H20O3/c1-10(15)8-11-6-7-13(14(9-11)16-2)17-12-4-3-5-12/h6-7,9-10,12,15H,3-5,8H2,1-2H3. The molecule has 1 aliphatic carbocycles. The minimum Gasteiger partial charge on any atom is -0.493 e. The van der Waals surface area contributed by atoms with Crippen molar-refractivity contribution in [2.24, 2.45) is 0 Å². The summed E-state index contributed by atoms with van der Waals surface area (Å²) in [5.41, 5.74) is 1.07. The molecule has 0 heterocycles. The van der Waals surface area contributed by atoms with Crippen LogP contribution >= 0.6 is 0 Å². The molecule has 1 atom stereocenters. The van der Waals surface area contributed by atoms with Gasteiger partial charge in [-0.25, -0.2) is 0 Å². The van der Waals surface area contributed by atoms with Gasteiger partial charge in [0.1, 0.15) is 0 Å². The molecule has 0 radical (unpaired) electrons. The summed E-state index contributed by atoms with van der Waals surface area (Å²) in [4.78, 5) is 0. The first-order valence-electron chi connectivity index (χ1n) is 6.20. The number of hydrogen-bond donors (Lipinski definition) is 1. The van der Waals surface area contributed by atoms with Gasteiger partial charge in [0, 0.05) is 0 Å². The van der Waals surface area contributed by atoms with Gasteiger partial charge in [0.05, 0.1) is 19.3 Å². The van der Waals surface area contributed by atoms with Crippen LogP contribution in [0.5, 0.6) is 11.5 Å². The molecule has 1 aromatic carbocycles. The Labute approximate surface area is 102 Å². The molecule has 2 rings (SSSR count). The second-order valence-corrected chi connectivity index (χ2v) is 4.71. The molecule has 0 saturated heterocycles. The third-order valence-electron chi connectivity index (χ3n) is 3.10. The van der Waals surface area contributed by atoms with E-state index >= 15 is 0 Å². The summed E-state index contributed by atoms with van der Waals surface area (Å²) in [5.74, 6) is 1.57. The Morgan fingerprint density at radius 3 is 2.65 bits per heavy atom. The van der Waals surface area contributed by atoms with Gasteiger partial charge in [-0.2, -0.15) is 0 Å². The fourth-order valence-electron chi connectivity index (χ4n) is 1.95. The van der Waals surface area contributed by atoms with Gasteiger partial charge >= 0.3 is 0 Å². The van der Waals surface area contributed by atoms with Crippen LogP contribution in [0.3, 0.4) is 0 Å². The monoisotopic (exact) mass is 236 g/mol. The van der Waals surface area contributed by atoms with Crippen molar-refractivity contribution in [3.63, 3.8) is 0 Å². The molecule has 1 fully saturated rings. The zero-order chi connectivity index (χ0) is 12.3. The zero-order valence-electron chi connectivity index (χ0n) is 10.5. The van der Waals surface area contributed by atoms with Crippen LogP contribution in [0.1, 0.15) is 31.7 Å². The molecule has 94 valence electrons. The third kappa shape index (κ3) is 3.13. The molecule has 1 N–H and O–H groups in total. The number of aliphatic hydroxyl groups excluding tert-OH is 1.